The Labute approximate surface area is 213 Å². The standard InChI is InChI=1S/C30H49N3O2/c1-3-4-5-6-7-8-9-10-11-12-13-14-15-18-23-33-27-21-17-16-20-26(27)32-29(33)25(2)31-30(34)28-22-19-24-35-28/h16-17,20-21,25,28H,3-15,18-19,22-24H2,1-2H3,(H,31,34). The van der Waals surface area contributed by atoms with Gasteiger partial charge >= 0.3 is 0 Å². The van der Waals surface area contributed by atoms with E-state index < -0.39 is 0 Å². The minimum Gasteiger partial charge on any atom is -0.368 e. The molecule has 1 aromatic heterocycles. The van der Waals surface area contributed by atoms with E-state index >= 15 is 0 Å². The van der Waals surface area contributed by atoms with Crippen molar-refractivity contribution in [2.75, 3.05) is 6.61 Å². The lowest BCUT2D eigenvalue weighted by Crippen LogP contribution is -2.36. The predicted octanol–water partition coefficient (Wildman–Crippen LogP) is 7.87. The van der Waals surface area contributed by atoms with E-state index in [1.807, 2.05) is 13.0 Å². The van der Waals surface area contributed by atoms with E-state index in [9.17, 15) is 4.79 Å². The molecule has 0 radical (unpaired) electrons. The van der Waals surface area contributed by atoms with Gasteiger partial charge in [-0.05, 0) is 38.3 Å². The maximum atomic E-state index is 12.6. The number of hydrogen-bond donors (Lipinski definition) is 1. The number of unbranched alkanes of at least 4 members (excludes halogenated alkanes) is 13. The predicted molar refractivity (Wildman–Crippen MR) is 146 cm³/mol. The van der Waals surface area contributed by atoms with Crippen molar-refractivity contribution in [1.82, 2.24) is 14.9 Å². The molecule has 196 valence electrons. The van der Waals surface area contributed by atoms with Crippen molar-refractivity contribution in [3.8, 4) is 0 Å². The summed E-state index contributed by atoms with van der Waals surface area (Å²) in [4.78, 5) is 17.5. The van der Waals surface area contributed by atoms with E-state index in [1.165, 1.54) is 83.5 Å². The molecule has 1 aliphatic rings. The van der Waals surface area contributed by atoms with Crippen LogP contribution < -0.4 is 5.32 Å². The average Bonchev–Trinajstić information content (AvgIpc) is 3.53. The van der Waals surface area contributed by atoms with Gasteiger partial charge in [-0.2, -0.15) is 0 Å². The van der Waals surface area contributed by atoms with Gasteiger partial charge in [0, 0.05) is 13.2 Å². The van der Waals surface area contributed by atoms with Gasteiger partial charge in [-0.1, -0.05) is 103 Å². The Kier molecular flexibility index (Phi) is 12.6. The van der Waals surface area contributed by atoms with Gasteiger partial charge < -0.3 is 14.6 Å². The smallest absolute Gasteiger partial charge is 0.249 e. The second kappa shape index (κ2) is 16.0. The zero-order valence-corrected chi connectivity index (χ0v) is 22.4. The SMILES string of the molecule is CCCCCCCCCCCCCCCCn1c(C(C)NC(=O)C2CCCO2)nc2ccccc21. The van der Waals surface area contributed by atoms with Gasteiger partial charge in [-0.25, -0.2) is 4.98 Å². The number of fused-ring (bicyclic) bond motifs is 1. The molecule has 5 nitrogen and oxygen atoms in total. The molecular formula is C30H49N3O2. The summed E-state index contributed by atoms with van der Waals surface area (Å²) in [6.07, 6.45) is 20.6. The van der Waals surface area contributed by atoms with Gasteiger partial charge in [-0.3, -0.25) is 4.79 Å². The fraction of sp³-hybridized carbons (Fsp3) is 0.733. The summed E-state index contributed by atoms with van der Waals surface area (Å²) in [5.41, 5.74) is 2.17. The number of benzene rings is 1. The van der Waals surface area contributed by atoms with E-state index in [-0.39, 0.29) is 18.1 Å². The molecule has 0 bridgehead atoms. The zero-order chi connectivity index (χ0) is 24.7. The molecule has 3 rings (SSSR count). The number of carbonyl (C=O) groups is 1. The molecule has 1 aliphatic heterocycles. The van der Waals surface area contributed by atoms with Crippen LogP contribution >= 0.6 is 0 Å². The monoisotopic (exact) mass is 483 g/mol. The Balaban J connectivity index is 1.35. The fourth-order valence-electron chi connectivity index (χ4n) is 5.28. The van der Waals surface area contributed by atoms with Crippen molar-refractivity contribution < 1.29 is 9.53 Å². The van der Waals surface area contributed by atoms with Gasteiger partial charge in [-0.15, -0.1) is 0 Å². The Morgan fingerprint density at radius 3 is 2.17 bits per heavy atom. The first-order chi connectivity index (χ1) is 17.2. The van der Waals surface area contributed by atoms with E-state index in [0.717, 1.165) is 42.7 Å². The molecule has 1 amide bonds. The lowest BCUT2D eigenvalue weighted by Gasteiger charge is -2.18. The minimum atomic E-state index is -0.305. The number of nitrogens with one attached hydrogen (secondary N) is 1. The minimum absolute atomic E-state index is 0.00917. The number of amides is 1. The number of carbonyl (C=O) groups excluding carboxylic acids is 1. The number of imidazole rings is 1. The van der Waals surface area contributed by atoms with Crippen LogP contribution in [0.25, 0.3) is 11.0 Å². The molecule has 1 fully saturated rings. The summed E-state index contributed by atoms with van der Waals surface area (Å²) in [5, 5.41) is 3.14. The van der Waals surface area contributed by atoms with Gasteiger partial charge in [0.2, 0.25) is 5.91 Å². The van der Waals surface area contributed by atoms with Crippen LogP contribution in [0.1, 0.15) is 128 Å². The number of nitrogens with zero attached hydrogens (tertiary/aromatic N) is 2. The van der Waals surface area contributed by atoms with E-state index in [1.54, 1.807) is 0 Å². The molecule has 1 saturated heterocycles. The van der Waals surface area contributed by atoms with Gasteiger partial charge in [0.1, 0.15) is 11.9 Å². The van der Waals surface area contributed by atoms with E-state index in [4.69, 9.17) is 9.72 Å². The normalized spacial score (nSPS) is 16.7. The summed E-state index contributed by atoms with van der Waals surface area (Å²) in [6.45, 7) is 5.96. The molecule has 2 heterocycles. The van der Waals surface area contributed by atoms with Crippen LogP contribution in [0.4, 0.5) is 0 Å². The van der Waals surface area contributed by atoms with Crippen LogP contribution in [0, 0.1) is 0 Å². The van der Waals surface area contributed by atoms with Crippen molar-refractivity contribution in [3.63, 3.8) is 0 Å². The summed E-state index contributed by atoms with van der Waals surface area (Å²) in [5.74, 6) is 0.942. The molecular weight excluding hydrogens is 434 g/mol. The number of hydrogen-bond acceptors (Lipinski definition) is 3. The second-order valence-electron chi connectivity index (χ2n) is 10.4. The number of aryl methyl sites for hydroxylation is 1. The quantitative estimate of drug-likeness (QED) is 0.219. The van der Waals surface area contributed by atoms with Crippen molar-refractivity contribution in [1.29, 1.82) is 0 Å². The van der Waals surface area contributed by atoms with Crippen LogP contribution in [0.2, 0.25) is 0 Å². The molecule has 35 heavy (non-hydrogen) atoms. The molecule has 2 aromatic rings. The van der Waals surface area contributed by atoms with Crippen molar-refractivity contribution >= 4 is 16.9 Å². The third kappa shape index (κ3) is 9.25. The number of para-hydroxylation sites is 2. The number of aromatic nitrogens is 2. The molecule has 2 atom stereocenters. The van der Waals surface area contributed by atoms with E-state index in [2.05, 4.69) is 35.0 Å². The lowest BCUT2D eigenvalue weighted by molar-refractivity contribution is -0.130. The zero-order valence-electron chi connectivity index (χ0n) is 22.4. The Bertz CT molecular complexity index is 856. The lowest BCUT2D eigenvalue weighted by atomic mass is 10.0. The highest BCUT2D eigenvalue weighted by Crippen LogP contribution is 2.23. The third-order valence-corrected chi connectivity index (χ3v) is 7.39. The van der Waals surface area contributed by atoms with Crippen LogP contribution in [-0.4, -0.2) is 28.2 Å². The van der Waals surface area contributed by atoms with Crippen LogP contribution in [0.15, 0.2) is 24.3 Å². The number of rotatable bonds is 18. The summed E-state index contributed by atoms with van der Waals surface area (Å²) < 4.78 is 7.87. The highest BCUT2D eigenvalue weighted by Gasteiger charge is 2.26. The average molecular weight is 484 g/mol. The summed E-state index contributed by atoms with van der Waals surface area (Å²) in [6, 6.07) is 8.18. The van der Waals surface area contributed by atoms with Crippen molar-refractivity contribution in [3.05, 3.63) is 30.1 Å². The molecule has 0 spiro atoms. The molecule has 0 aliphatic carbocycles. The van der Waals surface area contributed by atoms with Crippen molar-refractivity contribution in [2.24, 2.45) is 0 Å². The van der Waals surface area contributed by atoms with Crippen molar-refractivity contribution in [2.45, 2.75) is 135 Å². The maximum absolute atomic E-state index is 12.6. The topological polar surface area (TPSA) is 56.2 Å². The first kappa shape index (κ1) is 27.7. The highest BCUT2D eigenvalue weighted by atomic mass is 16.5. The molecule has 0 saturated carbocycles. The molecule has 1 aromatic carbocycles. The van der Waals surface area contributed by atoms with Gasteiger partial charge in [0.15, 0.2) is 0 Å². The van der Waals surface area contributed by atoms with Gasteiger partial charge in [0.05, 0.1) is 17.1 Å². The summed E-state index contributed by atoms with van der Waals surface area (Å²) >= 11 is 0. The largest absolute Gasteiger partial charge is 0.368 e. The van der Waals surface area contributed by atoms with Crippen LogP contribution in [0.5, 0.6) is 0 Å². The second-order valence-corrected chi connectivity index (χ2v) is 10.4. The summed E-state index contributed by atoms with van der Waals surface area (Å²) in [7, 11) is 0. The Morgan fingerprint density at radius 1 is 0.971 bits per heavy atom. The first-order valence-corrected chi connectivity index (χ1v) is 14.6. The first-order valence-electron chi connectivity index (χ1n) is 14.6. The Morgan fingerprint density at radius 2 is 1.57 bits per heavy atom. The van der Waals surface area contributed by atoms with Crippen LogP contribution in [-0.2, 0) is 16.1 Å². The third-order valence-electron chi connectivity index (χ3n) is 7.39. The number of ether oxygens (including phenoxy) is 1. The fourth-order valence-corrected chi connectivity index (χ4v) is 5.28. The maximum Gasteiger partial charge on any atom is 0.249 e. The van der Waals surface area contributed by atoms with Gasteiger partial charge in [0.25, 0.3) is 0 Å². The molecule has 5 heteroatoms. The van der Waals surface area contributed by atoms with Crippen LogP contribution in [0.3, 0.4) is 0 Å². The molecule has 2 unspecified atom stereocenters. The highest BCUT2D eigenvalue weighted by molar-refractivity contribution is 5.81. The molecule has 1 N–H and O–H groups in total. The Hall–Kier alpha value is -1.88. The van der Waals surface area contributed by atoms with E-state index in [0.29, 0.717) is 6.61 Å².